The lowest BCUT2D eigenvalue weighted by atomic mass is 9.93. The van der Waals surface area contributed by atoms with E-state index in [1.54, 1.807) is 44.6 Å². The number of carbonyl (C=O) groups is 1. The molecule has 0 saturated carbocycles. The maximum atomic E-state index is 11.6. The topological polar surface area (TPSA) is 67.8 Å². The fraction of sp³-hybridized carbons (Fsp3) is 0.167. The Morgan fingerprint density at radius 1 is 1.13 bits per heavy atom. The summed E-state index contributed by atoms with van der Waals surface area (Å²) in [6, 6.07) is 9.91. The average Bonchev–Trinajstić information content (AvgIpc) is 2.60. The lowest BCUT2D eigenvalue weighted by Crippen LogP contribution is -2.25. The molecule has 0 amide bonds. The molecule has 1 atom stereocenters. The summed E-state index contributed by atoms with van der Waals surface area (Å²) in [6.07, 6.45) is 2.79. The molecule has 3 rings (SSSR count). The Balaban J connectivity index is 2.15. The number of phenols is 1. The number of nitrogens with one attached hydrogen (secondary N) is 1. The molecule has 2 aromatic rings. The molecule has 0 saturated heterocycles. The third-order valence-electron chi connectivity index (χ3n) is 3.84. The van der Waals surface area contributed by atoms with Gasteiger partial charge in [-0.15, -0.1) is 0 Å². The third kappa shape index (κ3) is 2.73. The first kappa shape index (κ1) is 15.0. The third-order valence-corrected chi connectivity index (χ3v) is 3.84. The number of hydrogen-bond acceptors (Lipinski definition) is 5. The van der Waals surface area contributed by atoms with Crippen LogP contribution in [0.1, 0.15) is 22.7 Å². The number of rotatable bonds is 4. The minimum atomic E-state index is -0.514. The maximum absolute atomic E-state index is 11.6. The van der Waals surface area contributed by atoms with E-state index in [4.69, 9.17) is 9.47 Å². The molecule has 0 bridgehead atoms. The maximum Gasteiger partial charge on any atom is 0.146 e. The second-order valence-corrected chi connectivity index (χ2v) is 5.20. The Morgan fingerprint density at radius 2 is 1.87 bits per heavy atom. The molecule has 2 aromatic carbocycles. The zero-order chi connectivity index (χ0) is 16.4. The number of carbonyl (C=O) groups excluding carboxylic acids is 1. The Kier molecular flexibility index (Phi) is 3.93. The van der Waals surface area contributed by atoms with E-state index >= 15 is 0 Å². The van der Waals surface area contributed by atoms with Crippen LogP contribution in [-0.4, -0.2) is 25.6 Å². The first-order valence-electron chi connectivity index (χ1n) is 7.15. The summed E-state index contributed by atoms with van der Waals surface area (Å²) in [7, 11) is 3.15. The first-order valence-corrected chi connectivity index (χ1v) is 7.15. The van der Waals surface area contributed by atoms with Crippen molar-refractivity contribution in [1.29, 1.82) is 0 Å². The monoisotopic (exact) mass is 311 g/mol. The van der Waals surface area contributed by atoms with E-state index in [0.29, 0.717) is 11.5 Å². The minimum Gasteiger partial charge on any atom is -0.508 e. The van der Waals surface area contributed by atoms with Crippen LogP contribution in [0, 0.1) is 0 Å². The molecule has 0 radical (unpaired) electrons. The molecule has 0 spiro atoms. The van der Waals surface area contributed by atoms with Gasteiger partial charge in [0, 0.05) is 17.3 Å². The van der Waals surface area contributed by atoms with Gasteiger partial charge in [-0.05, 0) is 47.5 Å². The molecule has 5 heteroatoms. The van der Waals surface area contributed by atoms with Gasteiger partial charge in [0.25, 0.3) is 0 Å². The van der Waals surface area contributed by atoms with Crippen molar-refractivity contribution in [2.75, 3.05) is 14.2 Å². The molecule has 1 aliphatic heterocycles. The molecule has 0 aromatic heterocycles. The zero-order valence-electron chi connectivity index (χ0n) is 12.9. The van der Waals surface area contributed by atoms with Crippen LogP contribution >= 0.6 is 0 Å². The van der Waals surface area contributed by atoms with E-state index < -0.39 is 6.04 Å². The Bertz CT molecular complexity index is 765. The number of hydrogen-bond donors (Lipinski definition) is 2. The van der Waals surface area contributed by atoms with Crippen LogP contribution in [0.2, 0.25) is 0 Å². The van der Waals surface area contributed by atoms with Crippen molar-refractivity contribution in [2.24, 2.45) is 0 Å². The second kappa shape index (κ2) is 6.04. The van der Waals surface area contributed by atoms with Gasteiger partial charge in [0.2, 0.25) is 0 Å². The Hall–Kier alpha value is -2.95. The van der Waals surface area contributed by atoms with Gasteiger partial charge in [-0.25, -0.2) is 0 Å². The second-order valence-electron chi connectivity index (χ2n) is 5.20. The zero-order valence-corrected chi connectivity index (χ0v) is 12.9. The standard InChI is InChI=1S/C18H17NO4/c1-22-14-7-12-8-15(11-3-5-13(21)6-4-11)19-16(10-20)18(12)17(9-14)23-2/h3-10,16,19,21H,1-2H3. The summed E-state index contributed by atoms with van der Waals surface area (Å²) in [4.78, 5) is 11.6. The summed E-state index contributed by atoms with van der Waals surface area (Å²) < 4.78 is 10.7. The highest BCUT2D eigenvalue weighted by atomic mass is 16.5. The average molecular weight is 311 g/mol. The molecular formula is C18H17NO4. The van der Waals surface area contributed by atoms with E-state index in [9.17, 15) is 9.90 Å². The van der Waals surface area contributed by atoms with Crippen LogP contribution in [0.3, 0.4) is 0 Å². The van der Waals surface area contributed by atoms with Crippen molar-refractivity contribution in [3.63, 3.8) is 0 Å². The van der Waals surface area contributed by atoms with Crippen molar-refractivity contribution in [1.82, 2.24) is 5.32 Å². The molecule has 5 nitrogen and oxygen atoms in total. The fourth-order valence-corrected chi connectivity index (χ4v) is 2.71. The van der Waals surface area contributed by atoms with Gasteiger partial charge < -0.3 is 24.7 Å². The largest absolute Gasteiger partial charge is 0.508 e. The molecule has 0 aliphatic carbocycles. The highest BCUT2D eigenvalue weighted by Gasteiger charge is 2.25. The number of methoxy groups -OCH3 is 2. The molecule has 23 heavy (non-hydrogen) atoms. The number of aldehydes is 1. The van der Waals surface area contributed by atoms with Crippen molar-refractivity contribution < 1.29 is 19.4 Å². The van der Waals surface area contributed by atoms with Crippen LogP contribution in [0.25, 0.3) is 11.8 Å². The Labute approximate surface area is 134 Å². The lowest BCUT2D eigenvalue weighted by Gasteiger charge is -2.26. The number of ether oxygens (including phenoxy) is 2. The van der Waals surface area contributed by atoms with Gasteiger partial charge in [0.1, 0.15) is 29.6 Å². The van der Waals surface area contributed by atoms with Crippen LogP contribution in [0.15, 0.2) is 36.4 Å². The first-order chi connectivity index (χ1) is 11.2. The summed E-state index contributed by atoms with van der Waals surface area (Å²) in [5.74, 6) is 1.46. The van der Waals surface area contributed by atoms with Crippen LogP contribution in [0.4, 0.5) is 0 Å². The molecule has 0 fully saturated rings. The highest BCUT2D eigenvalue weighted by Crippen LogP contribution is 2.38. The van der Waals surface area contributed by atoms with E-state index in [2.05, 4.69) is 5.32 Å². The lowest BCUT2D eigenvalue weighted by molar-refractivity contribution is -0.109. The molecular weight excluding hydrogens is 294 g/mol. The predicted octanol–water partition coefficient (Wildman–Crippen LogP) is 2.75. The predicted molar refractivity (Wildman–Crippen MR) is 87.5 cm³/mol. The van der Waals surface area contributed by atoms with E-state index in [1.807, 2.05) is 12.1 Å². The molecule has 118 valence electrons. The van der Waals surface area contributed by atoms with Gasteiger partial charge in [0.15, 0.2) is 0 Å². The fourth-order valence-electron chi connectivity index (χ4n) is 2.71. The van der Waals surface area contributed by atoms with Crippen molar-refractivity contribution in [3.05, 3.63) is 53.1 Å². The minimum absolute atomic E-state index is 0.195. The van der Waals surface area contributed by atoms with Crippen molar-refractivity contribution in [3.8, 4) is 17.2 Å². The van der Waals surface area contributed by atoms with Gasteiger partial charge in [-0.2, -0.15) is 0 Å². The number of aromatic hydroxyl groups is 1. The number of fused-ring (bicyclic) bond motifs is 1. The van der Waals surface area contributed by atoms with E-state index in [1.165, 1.54) is 0 Å². The quantitative estimate of drug-likeness (QED) is 0.850. The van der Waals surface area contributed by atoms with Crippen molar-refractivity contribution >= 4 is 18.1 Å². The molecule has 2 N–H and O–H groups in total. The van der Waals surface area contributed by atoms with Gasteiger partial charge in [0.05, 0.1) is 14.2 Å². The van der Waals surface area contributed by atoms with Gasteiger partial charge in [-0.3, -0.25) is 0 Å². The van der Waals surface area contributed by atoms with Crippen LogP contribution in [0.5, 0.6) is 17.2 Å². The van der Waals surface area contributed by atoms with Crippen molar-refractivity contribution in [2.45, 2.75) is 6.04 Å². The molecule has 1 aliphatic rings. The van der Waals surface area contributed by atoms with Crippen LogP contribution < -0.4 is 14.8 Å². The van der Waals surface area contributed by atoms with Gasteiger partial charge >= 0.3 is 0 Å². The number of benzene rings is 2. The highest BCUT2D eigenvalue weighted by molar-refractivity contribution is 5.88. The summed E-state index contributed by atoms with van der Waals surface area (Å²) >= 11 is 0. The Morgan fingerprint density at radius 3 is 2.48 bits per heavy atom. The smallest absolute Gasteiger partial charge is 0.146 e. The summed E-state index contributed by atoms with van der Waals surface area (Å²) in [5, 5.41) is 12.6. The van der Waals surface area contributed by atoms with Crippen LogP contribution in [-0.2, 0) is 4.79 Å². The summed E-state index contributed by atoms with van der Waals surface area (Å²) in [6.45, 7) is 0. The normalized spacial score (nSPS) is 15.9. The van der Waals surface area contributed by atoms with Gasteiger partial charge in [-0.1, -0.05) is 0 Å². The SMILES string of the molecule is COc1cc2c(c(OC)c1)C(C=O)NC(c1ccc(O)cc1)=C2. The van der Waals surface area contributed by atoms with E-state index in [-0.39, 0.29) is 5.75 Å². The summed E-state index contributed by atoms with van der Waals surface area (Å²) in [5.41, 5.74) is 3.32. The molecule has 1 unspecified atom stereocenters. The molecule has 1 heterocycles. The number of phenolic OH excluding ortho intramolecular Hbond substituents is 1. The van der Waals surface area contributed by atoms with E-state index in [0.717, 1.165) is 28.7 Å².